The van der Waals surface area contributed by atoms with E-state index in [0.29, 0.717) is 23.7 Å². The number of sulfonamides is 1. The second kappa shape index (κ2) is 6.21. The number of likely N-dealkylation sites (tertiary alicyclic amines) is 1. The van der Waals surface area contributed by atoms with Crippen LogP contribution >= 0.6 is 11.6 Å². The molecular weight excluding hydrogens is 314 g/mol. The molecule has 1 amide bonds. The number of nitrogen functional groups attached to an aromatic ring is 1. The lowest BCUT2D eigenvalue weighted by atomic mass is 10.2. The van der Waals surface area contributed by atoms with Crippen LogP contribution in [0.5, 0.6) is 0 Å². The van der Waals surface area contributed by atoms with Gasteiger partial charge in [0.15, 0.2) is 0 Å². The number of nitrogens with one attached hydrogen (secondary N) is 1. The maximum Gasteiger partial charge on any atom is 0.241 e. The van der Waals surface area contributed by atoms with E-state index in [9.17, 15) is 13.2 Å². The fraction of sp³-hybridized carbons (Fsp3) is 0.462. The van der Waals surface area contributed by atoms with Gasteiger partial charge in [0, 0.05) is 13.1 Å². The number of rotatable bonds is 4. The predicted octanol–water partition coefficient (Wildman–Crippen LogP) is 1.13. The molecule has 116 valence electrons. The zero-order valence-corrected chi connectivity index (χ0v) is 13.3. The van der Waals surface area contributed by atoms with Crippen molar-refractivity contribution in [2.75, 3.05) is 25.4 Å². The highest BCUT2D eigenvalue weighted by Gasteiger charge is 2.22. The Morgan fingerprint density at radius 2 is 2.00 bits per heavy atom. The number of amides is 1. The van der Waals surface area contributed by atoms with Gasteiger partial charge in [-0.25, -0.2) is 13.1 Å². The molecule has 1 aromatic carbocycles. The molecule has 0 radical (unpaired) electrons. The molecular formula is C13H18ClN3O3S. The lowest BCUT2D eigenvalue weighted by Crippen LogP contribution is -2.38. The zero-order valence-electron chi connectivity index (χ0n) is 11.7. The number of halogens is 1. The summed E-state index contributed by atoms with van der Waals surface area (Å²) in [7, 11) is -3.79. The quantitative estimate of drug-likeness (QED) is 0.809. The second-order valence-corrected chi connectivity index (χ2v) is 7.19. The summed E-state index contributed by atoms with van der Waals surface area (Å²) < 4.78 is 26.8. The minimum atomic E-state index is -3.79. The van der Waals surface area contributed by atoms with E-state index < -0.39 is 10.0 Å². The van der Waals surface area contributed by atoms with Crippen LogP contribution in [0.4, 0.5) is 5.69 Å². The van der Waals surface area contributed by atoms with Crippen LogP contribution in [0.15, 0.2) is 17.0 Å². The SMILES string of the molecule is Cc1cc(Cl)c(N)cc1S(=O)(=O)NCC(=O)N1CCCC1. The van der Waals surface area contributed by atoms with Crippen molar-refractivity contribution in [2.45, 2.75) is 24.7 Å². The van der Waals surface area contributed by atoms with Gasteiger partial charge in [0.25, 0.3) is 0 Å². The van der Waals surface area contributed by atoms with Gasteiger partial charge in [-0.1, -0.05) is 11.6 Å². The molecule has 1 aliphatic rings. The number of nitrogens with zero attached hydrogens (tertiary/aromatic N) is 1. The normalized spacial score (nSPS) is 15.4. The molecule has 3 N–H and O–H groups in total. The maximum absolute atomic E-state index is 12.3. The van der Waals surface area contributed by atoms with E-state index in [1.165, 1.54) is 12.1 Å². The molecule has 8 heteroatoms. The standard InChI is InChI=1S/C13H18ClN3O3S/c1-9-6-10(14)11(15)7-12(9)21(19,20)16-8-13(18)17-4-2-3-5-17/h6-7,16H,2-5,8,15H2,1H3. The van der Waals surface area contributed by atoms with Crippen LogP contribution in [0.25, 0.3) is 0 Å². The molecule has 0 unspecified atom stereocenters. The Bertz CT molecular complexity index is 655. The minimum absolute atomic E-state index is 0.0404. The summed E-state index contributed by atoms with van der Waals surface area (Å²) in [5.41, 5.74) is 6.31. The van der Waals surface area contributed by atoms with Gasteiger partial charge in [-0.3, -0.25) is 4.79 Å². The van der Waals surface area contributed by atoms with Crippen LogP contribution in [0.1, 0.15) is 18.4 Å². The molecule has 0 aromatic heterocycles. The zero-order chi connectivity index (χ0) is 15.6. The fourth-order valence-electron chi connectivity index (χ4n) is 2.27. The third kappa shape index (κ3) is 3.66. The van der Waals surface area contributed by atoms with Gasteiger partial charge < -0.3 is 10.6 Å². The first-order chi connectivity index (χ1) is 9.81. The fourth-order valence-corrected chi connectivity index (χ4v) is 3.72. The molecule has 1 aromatic rings. The number of carbonyl (C=O) groups excluding carboxylic acids is 1. The molecule has 2 rings (SSSR count). The van der Waals surface area contributed by atoms with Gasteiger partial charge in [-0.15, -0.1) is 0 Å². The predicted molar refractivity (Wildman–Crippen MR) is 81.6 cm³/mol. The molecule has 0 aliphatic carbocycles. The molecule has 1 fully saturated rings. The number of hydrogen-bond acceptors (Lipinski definition) is 4. The van der Waals surface area contributed by atoms with Crippen molar-refractivity contribution in [3.8, 4) is 0 Å². The van der Waals surface area contributed by atoms with Crippen LogP contribution in [0, 0.1) is 6.92 Å². The summed E-state index contributed by atoms with van der Waals surface area (Å²) in [5, 5.41) is 0.305. The van der Waals surface area contributed by atoms with E-state index in [4.69, 9.17) is 17.3 Å². The van der Waals surface area contributed by atoms with Crippen molar-refractivity contribution >= 4 is 33.2 Å². The van der Waals surface area contributed by atoms with Crippen molar-refractivity contribution < 1.29 is 13.2 Å². The average molecular weight is 332 g/mol. The first-order valence-electron chi connectivity index (χ1n) is 6.64. The van der Waals surface area contributed by atoms with E-state index in [2.05, 4.69) is 4.72 Å². The highest BCUT2D eigenvalue weighted by Crippen LogP contribution is 2.26. The molecule has 0 saturated carbocycles. The summed E-state index contributed by atoms with van der Waals surface area (Å²) >= 11 is 5.85. The molecule has 0 atom stereocenters. The lowest BCUT2D eigenvalue weighted by Gasteiger charge is -2.16. The second-order valence-electron chi connectivity index (χ2n) is 5.05. The Morgan fingerprint density at radius 1 is 1.38 bits per heavy atom. The van der Waals surface area contributed by atoms with Crippen LogP contribution in [-0.4, -0.2) is 38.9 Å². The number of nitrogens with two attached hydrogens (primary N) is 1. The van der Waals surface area contributed by atoms with Gasteiger partial charge in [-0.05, 0) is 37.5 Å². The number of anilines is 1. The third-order valence-electron chi connectivity index (χ3n) is 3.46. The average Bonchev–Trinajstić information content (AvgIpc) is 2.94. The molecule has 6 nitrogen and oxygen atoms in total. The molecule has 1 heterocycles. The number of aryl methyl sites for hydroxylation is 1. The molecule has 1 saturated heterocycles. The van der Waals surface area contributed by atoms with Crippen molar-refractivity contribution in [1.82, 2.24) is 9.62 Å². The van der Waals surface area contributed by atoms with Gasteiger partial charge in [-0.2, -0.15) is 0 Å². The molecule has 1 aliphatic heterocycles. The van der Waals surface area contributed by atoms with E-state index in [0.717, 1.165) is 12.8 Å². The Balaban J connectivity index is 2.11. The molecule has 0 bridgehead atoms. The van der Waals surface area contributed by atoms with E-state index in [1.54, 1.807) is 11.8 Å². The van der Waals surface area contributed by atoms with Crippen molar-refractivity contribution in [3.05, 3.63) is 22.7 Å². The first kappa shape index (κ1) is 16.1. The highest BCUT2D eigenvalue weighted by atomic mass is 35.5. The third-order valence-corrected chi connectivity index (χ3v) is 5.33. The number of benzene rings is 1. The molecule has 0 spiro atoms. The van der Waals surface area contributed by atoms with Gasteiger partial charge >= 0.3 is 0 Å². The van der Waals surface area contributed by atoms with Crippen LogP contribution < -0.4 is 10.5 Å². The number of hydrogen-bond donors (Lipinski definition) is 2. The van der Waals surface area contributed by atoms with Crippen molar-refractivity contribution in [2.24, 2.45) is 0 Å². The van der Waals surface area contributed by atoms with Gasteiger partial charge in [0.05, 0.1) is 22.2 Å². The smallest absolute Gasteiger partial charge is 0.241 e. The van der Waals surface area contributed by atoms with E-state index >= 15 is 0 Å². The Kier molecular flexibility index (Phi) is 4.75. The highest BCUT2D eigenvalue weighted by molar-refractivity contribution is 7.89. The monoisotopic (exact) mass is 331 g/mol. The van der Waals surface area contributed by atoms with Crippen molar-refractivity contribution in [1.29, 1.82) is 0 Å². The van der Waals surface area contributed by atoms with Crippen molar-refractivity contribution in [3.63, 3.8) is 0 Å². The van der Waals surface area contributed by atoms with Crippen LogP contribution in [0.2, 0.25) is 5.02 Å². The summed E-state index contributed by atoms with van der Waals surface area (Å²) in [6.45, 7) is 2.76. The number of carbonyl (C=O) groups is 1. The Hall–Kier alpha value is -1.31. The maximum atomic E-state index is 12.3. The summed E-state index contributed by atoms with van der Waals surface area (Å²) in [6.07, 6.45) is 1.93. The van der Waals surface area contributed by atoms with E-state index in [1.807, 2.05) is 0 Å². The van der Waals surface area contributed by atoms with Gasteiger partial charge in [0.1, 0.15) is 0 Å². The van der Waals surface area contributed by atoms with E-state index in [-0.39, 0.29) is 23.0 Å². The van der Waals surface area contributed by atoms with Crippen LogP contribution in [-0.2, 0) is 14.8 Å². The largest absolute Gasteiger partial charge is 0.397 e. The Labute approximate surface area is 129 Å². The minimum Gasteiger partial charge on any atom is -0.397 e. The first-order valence-corrected chi connectivity index (χ1v) is 8.50. The van der Waals surface area contributed by atoms with Gasteiger partial charge in [0.2, 0.25) is 15.9 Å². The summed E-state index contributed by atoms with van der Waals surface area (Å²) in [6, 6.07) is 2.80. The summed E-state index contributed by atoms with van der Waals surface area (Å²) in [5.74, 6) is -0.212. The molecule has 21 heavy (non-hydrogen) atoms. The van der Waals surface area contributed by atoms with Crippen LogP contribution in [0.3, 0.4) is 0 Å². The summed E-state index contributed by atoms with van der Waals surface area (Å²) in [4.78, 5) is 13.6. The topological polar surface area (TPSA) is 92.5 Å². The Morgan fingerprint density at radius 3 is 2.62 bits per heavy atom. The lowest BCUT2D eigenvalue weighted by molar-refractivity contribution is -0.128.